The summed E-state index contributed by atoms with van der Waals surface area (Å²) in [5.74, 6) is 0.0886. The van der Waals surface area contributed by atoms with Gasteiger partial charge in [-0.05, 0) is 61.4 Å². The number of aromatic amines is 1. The van der Waals surface area contributed by atoms with Gasteiger partial charge in [-0.3, -0.25) is 9.89 Å². The highest BCUT2D eigenvalue weighted by molar-refractivity contribution is 5.95. The Balaban J connectivity index is 1.63. The summed E-state index contributed by atoms with van der Waals surface area (Å²) in [6.45, 7) is 3.72. The summed E-state index contributed by atoms with van der Waals surface area (Å²) in [6.07, 6.45) is 6.49. The van der Waals surface area contributed by atoms with Gasteiger partial charge in [0.25, 0.3) is 5.91 Å². The number of amides is 1. The van der Waals surface area contributed by atoms with Crippen molar-refractivity contribution in [2.45, 2.75) is 38.6 Å². The van der Waals surface area contributed by atoms with E-state index in [0.29, 0.717) is 19.8 Å². The first kappa shape index (κ1) is 15.4. The molecule has 2 aliphatic rings. The molecule has 1 unspecified atom stereocenters. The molecule has 5 heteroatoms. The Morgan fingerprint density at radius 3 is 2.92 bits per heavy atom. The van der Waals surface area contributed by atoms with E-state index in [2.05, 4.69) is 22.3 Å². The van der Waals surface area contributed by atoms with Gasteiger partial charge < -0.3 is 9.64 Å². The van der Waals surface area contributed by atoms with Gasteiger partial charge in [-0.25, -0.2) is 0 Å². The molecule has 1 aromatic heterocycles. The predicted molar refractivity (Wildman–Crippen MR) is 91.0 cm³/mol. The van der Waals surface area contributed by atoms with E-state index < -0.39 is 0 Å². The van der Waals surface area contributed by atoms with Crippen molar-refractivity contribution in [3.63, 3.8) is 0 Å². The number of nitrogens with zero attached hydrogens (tertiary/aromatic N) is 2. The molecule has 4 rings (SSSR count). The number of ether oxygens (including phenoxy) is 1. The molecule has 0 saturated carbocycles. The zero-order valence-corrected chi connectivity index (χ0v) is 14.0. The van der Waals surface area contributed by atoms with Gasteiger partial charge in [0.1, 0.15) is 0 Å². The number of carbonyl (C=O) groups is 1. The van der Waals surface area contributed by atoms with Crippen molar-refractivity contribution in [1.29, 1.82) is 0 Å². The van der Waals surface area contributed by atoms with Crippen LogP contribution in [0.15, 0.2) is 24.4 Å². The van der Waals surface area contributed by atoms with Crippen LogP contribution in [0.3, 0.4) is 0 Å². The van der Waals surface area contributed by atoms with Crippen molar-refractivity contribution in [1.82, 2.24) is 15.1 Å². The molecule has 1 fully saturated rings. The van der Waals surface area contributed by atoms with E-state index in [9.17, 15) is 4.79 Å². The SMILES string of the molecule is Cc1cn[nH]c1C1COCCN1C(=O)c1ccc2c(c1)CCCC2. The van der Waals surface area contributed by atoms with Crippen LogP contribution in [0.1, 0.15) is 51.6 Å². The second-order valence-electron chi connectivity index (χ2n) is 6.75. The number of hydrogen-bond acceptors (Lipinski definition) is 3. The van der Waals surface area contributed by atoms with Crippen LogP contribution >= 0.6 is 0 Å². The van der Waals surface area contributed by atoms with Crippen LogP contribution in [0.5, 0.6) is 0 Å². The Morgan fingerprint density at radius 2 is 2.12 bits per heavy atom. The van der Waals surface area contributed by atoms with Crippen LogP contribution in [-0.4, -0.2) is 40.8 Å². The minimum Gasteiger partial charge on any atom is -0.377 e. The maximum absolute atomic E-state index is 13.1. The summed E-state index contributed by atoms with van der Waals surface area (Å²) >= 11 is 0. The molecule has 0 bridgehead atoms. The number of aryl methyl sites for hydroxylation is 3. The Kier molecular flexibility index (Phi) is 4.10. The Morgan fingerprint density at radius 1 is 1.29 bits per heavy atom. The summed E-state index contributed by atoms with van der Waals surface area (Å²) < 4.78 is 5.63. The number of carbonyl (C=O) groups excluding carboxylic acids is 1. The molecule has 1 aliphatic heterocycles. The van der Waals surface area contributed by atoms with Gasteiger partial charge in [-0.2, -0.15) is 5.10 Å². The van der Waals surface area contributed by atoms with Crippen molar-refractivity contribution in [2.24, 2.45) is 0 Å². The van der Waals surface area contributed by atoms with Crippen LogP contribution in [0.2, 0.25) is 0 Å². The number of fused-ring (bicyclic) bond motifs is 1. The van der Waals surface area contributed by atoms with E-state index in [0.717, 1.165) is 29.7 Å². The predicted octanol–water partition coefficient (Wildman–Crippen LogP) is 2.81. The smallest absolute Gasteiger partial charge is 0.254 e. The third-order valence-electron chi connectivity index (χ3n) is 5.19. The van der Waals surface area contributed by atoms with Gasteiger partial charge >= 0.3 is 0 Å². The normalized spacial score (nSPS) is 20.7. The second kappa shape index (κ2) is 6.40. The molecule has 126 valence electrons. The van der Waals surface area contributed by atoms with Crippen LogP contribution in [0, 0.1) is 6.92 Å². The van der Waals surface area contributed by atoms with Crippen molar-refractivity contribution in [3.8, 4) is 0 Å². The first-order valence-electron chi connectivity index (χ1n) is 8.74. The van der Waals surface area contributed by atoms with Gasteiger partial charge in [0.15, 0.2) is 0 Å². The fourth-order valence-corrected chi connectivity index (χ4v) is 3.81. The van der Waals surface area contributed by atoms with Crippen molar-refractivity contribution in [3.05, 3.63) is 52.3 Å². The zero-order chi connectivity index (χ0) is 16.5. The zero-order valence-electron chi connectivity index (χ0n) is 14.0. The van der Waals surface area contributed by atoms with Crippen LogP contribution in [0.25, 0.3) is 0 Å². The minimum atomic E-state index is -0.0928. The maximum Gasteiger partial charge on any atom is 0.254 e. The fourth-order valence-electron chi connectivity index (χ4n) is 3.81. The average molecular weight is 325 g/mol. The van der Waals surface area contributed by atoms with Gasteiger partial charge in [0.05, 0.1) is 31.1 Å². The highest BCUT2D eigenvalue weighted by atomic mass is 16.5. The van der Waals surface area contributed by atoms with E-state index in [1.54, 1.807) is 6.20 Å². The summed E-state index contributed by atoms with van der Waals surface area (Å²) in [4.78, 5) is 15.1. The molecule has 24 heavy (non-hydrogen) atoms. The van der Waals surface area contributed by atoms with E-state index in [-0.39, 0.29) is 11.9 Å². The fraction of sp³-hybridized carbons (Fsp3) is 0.474. The number of nitrogens with one attached hydrogen (secondary N) is 1. The molecule has 0 spiro atoms. The highest BCUT2D eigenvalue weighted by Crippen LogP contribution is 2.28. The monoisotopic (exact) mass is 325 g/mol. The largest absolute Gasteiger partial charge is 0.377 e. The first-order chi connectivity index (χ1) is 11.7. The number of morpholine rings is 1. The Bertz CT molecular complexity index is 753. The molecule has 2 heterocycles. The minimum absolute atomic E-state index is 0.0886. The van der Waals surface area contributed by atoms with Crippen LogP contribution in [-0.2, 0) is 17.6 Å². The Hall–Kier alpha value is -2.14. The van der Waals surface area contributed by atoms with Gasteiger partial charge in [0.2, 0.25) is 0 Å². The molecule has 1 atom stereocenters. The van der Waals surface area contributed by atoms with Gasteiger partial charge in [0, 0.05) is 12.1 Å². The van der Waals surface area contributed by atoms with Crippen molar-refractivity contribution in [2.75, 3.05) is 19.8 Å². The highest BCUT2D eigenvalue weighted by Gasteiger charge is 2.31. The lowest BCUT2D eigenvalue weighted by molar-refractivity contribution is -0.00408. The summed E-state index contributed by atoms with van der Waals surface area (Å²) in [6, 6.07) is 6.13. The Labute approximate surface area is 142 Å². The number of aromatic nitrogens is 2. The number of H-pyrrole nitrogens is 1. The quantitative estimate of drug-likeness (QED) is 0.924. The standard InChI is InChI=1S/C19H23N3O2/c1-13-11-20-21-18(13)17-12-24-9-8-22(17)19(23)16-7-6-14-4-2-3-5-15(14)10-16/h6-7,10-11,17H,2-5,8-9,12H2,1H3,(H,20,21). The first-order valence-corrected chi connectivity index (χ1v) is 8.74. The maximum atomic E-state index is 13.1. The van der Waals surface area contributed by atoms with E-state index in [1.807, 2.05) is 17.9 Å². The molecule has 1 aromatic carbocycles. The molecule has 1 saturated heterocycles. The third kappa shape index (κ3) is 2.73. The van der Waals surface area contributed by atoms with Crippen LogP contribution in [0.4, 0.5) is 0 Å². The van der Waals surface area contributed by atoms with Gasteiger partial charge in [-0.15, -0.1) is 0 Å². The molecule has 1 amide bonds. The number of benzene rings is 1. The number of rotatable bonds is 2. The lowest BCUT2D eigenvalue weighted by Gasteiger charge is -2.35. The van der Waals surface area contributed by atoms with Crippen LogP contribution < -0.4 is 0 Å². The average Bonchev–Trinajstić information content (AvgIpc) is 3.06. The lowest BCUT2D eigenvalue weighted by Crippen LogP contribution is -2.43. The molecule has 1 aliphatic carbocycles. The molecule has 1 N–H and O–H groups in total. The summed E-state index contributed by atoms with van der Waals surface area (Å²) in [5, 5.41) is 7.14. The van der Waals surface area contributed by atoms with Crippen molar-refractivity contribution < 1.29 is 9.53 Å². The number of hydrogen-bond donors (Lipinski definition) is 1. The molecule has 2 aromatic rings. The van der Waals surface area contributed by atoms with E-state index >= 15 is 0 Å². The van der Waals surface area contributed by atoms with E-state index in [1.165, 1.54) is 24.0 Å². The van der Waals surface area contributed by atoms with Gasteiger partial charge in [-0.1, -0.05) is 6.07 Å². The van der Waals surface area contributed by atoms with Crippen molar-refractivity contribution >= 4 is 5.91 Å². The summed E-state index contributed by atoms with van der Waals surface area (Å²) in [5.41, 5.74) is 5.57. The van der Waals surface area contributed by atoms with E-state index in [4.69, 9.17) is 4.74 Å². The lowest BCUT2D eigenvalue weighted by atomic mass is 9.90. The topological polar surface area (TPSA) is 58.2 Å². The second-order valence-corrected chi connectivity index (χ2v) is 6.75. The molecular formula is C19H23N3O2. The molecule has 0 radical (unpaired) electrons. The summed E-state index contributed by atoms with van der Waals surface area (Å²) in [7, 11) is 0. The third-order valence-corrected chi connectivity index (χ3v) is 5.19. The molecule has 5 nitrogen and oxygen atoms in total. The molecular weight excluding hydrogens is 302 g/mol.